The highest BCUT2D eigenvalue weighted by atomic mass is 19.4. The number of aliphatic imine (C=N–C) groups is 1. The molecule has 3 aromatic carbocycles. The Morgan fingerprint density at radius 1 is 0.720 bits per heavy atom. The van der Waals surface area contributed by atoms with E-state index >= 15 is 0 Å². The smallest absolute Gasteiger partial charge is 0.480 e. The van der Waals surface area contributed by atoms with Crippen molar-refractivity contribution in [3.8, 4) is 0 Å². The molecule has 10 N–H and O–H groups in total. The molecule has 0 fully saturated rings. The molecule has 4 amide bonds. The van der Waals surface area contributed by atoms with Gasteiger partial charge in [-0.25, -0.2) is 9.59 Å². The Kier molecular flexibility index (Phi) is 16.2. The van der Waals surface area contributed by atoms with Crippen LogP contribution in [-0.2, 0) is 32.3 Å². The molecule has 268 valence electrons. The molecule has 3 aromatic rings. The van der Waals surface area contributed by atoms with E-state index in [4.69, 9.17) is 26.5 Å². The summed E-state index contributed by atoms with van der Waals surface area (Å²) in [7, 11) is 0. The van der Waals surface area contributed by atoms with E-state index in [1.807, 2.05) is 60.7 Å². The Hall–Kier alpha value is -6.13. The van der Waals surface area contributed by atoms with Gasteiger partial charge in [0.05, 0.1) is 5.92 Å². The largest absolute Gasteiger partial charge is 0.490 e. The lowest BCUT2D eigenvalue weighted by Gasteiger charge is -2.23. The van der Waals surface area contributed by atoms with E-state index in [0.717, 1.165) is 22.3 Å². The lowest BCUT2D eigenvalue weighted by Crippen LogP contribution is -2.48. The quantitative estimate of drug-likeness (QED) is 0.0658. The summed E-state index contributed by atoms with van der Waals surface area (Å²) in [6, 6.07) is 24.5. The number of carbonyl (C=O) groups excluding carboxylic acids is 3. The van der Waals surface area contributed by atoms with Crippen LogP contribution in [0.15, 0.2) is 89.9 Å². The van der Waals surface area contributed by atoms with Crippen molar-refractivity contribution in [1.29, 1.82) is 0 Å². The van der Waals surface area contributed by atoms with E-state index in [1.165, 1.54) is 0 Å². The van der Waals surface area contributed by atoms with Gasteiger partial charge in [-0.1, -0.05) is 84.9 Å². The predicted molar refractivity (Wildman–Crippen MR) is 176 cm³/mol. The van der Waals surface area contributed by atoms with Crippen molar-refractivity contribution in [1.82, 2.24) is 21.3 Å². The van der Waals surface area contributed by atoms with Gasteiger partial charge in [0.25, 0.3) is 0 Å². The number of alkyl halides is 3. The summed E-state index contributed by atoms with van der Waals surface area (Å²) in [5, 5.41) is 26.4. The van der Waals surface area contributed by atoms with E-state index in [2.05, 4.69) is 26.3 Å². The molecule has 0 aromatic heterocycles. The van der Waals surface area contributed by atoms with E-state index in [0.29, 0.717) is 19.4 Å². The average Bonchev–Trinajstić information content (AvgIpc) is 3.08. The fourth-order valence-electron chi connectivity index (χ4n) is 4.30. The molecular formula is C33H38F3N7O7. The fourth-order valence-corrected chi connectivity index (χ4v) is 4.30. The molecule has 0 aliphatic heterocycles. The monoisotopic (exact) mass is 701 g/mol. The third kappa shape index (κ3) is 15.2. The van der Waals surface area contributed by atoms with Crippen molar-refractivity contribution in [2.45, 2.75) is 44.1 Å². The van der Waals surface area contributed by atoms with Crippen LogP contribution < -0.4 is 32.7 Å². The molecular weight excluding hydrogens is 663 g/mol. The number of guanidine groups is 1. The number of nitrogens with zero attached hydrogens (tertiary/aromatic N) is 1. The van der Waals surface area contributed by atoms with Crippen LogP contribution in [0, 0.1) is 0 Å². The number of halogens is 3. The van der Waals surface area contributed by atoms with Gasteiger partial charge in [-0.05, 0) is 35.1 Å². The summed E-state index contributed by atoms with van der Waals surface area (Å²) in [4.78, 5) is 62.1. The molecule has 1 atom stereocenters. The molecule has 14 nitrogen and oxygen atoms in total. The van der Waals surface area contributed by atoms with Gasteiger partial charge < -0.3 is 42.9 Å². The molecule has 0 radical (unpaired) electrons. The minimum absolute atomic E-state index is 0.0437. The zero-order valence-electron chi connectivity index (χ0n) is 26.7. The number of benzene rings is 3. The zero-order valence-corrected chi connectivity index (χ0v) is 26.7. The standard InChI is InChI=1S/C31H37N7O5.C2HF3O2/c32-30(33)34-17-7-12-25(38-29(42)27(23-8-3-1-4-9-23)24-10-5-2-6-11-24)28(41)35-18-21-13-15-22(16-14-21)19-36-31(43)37-20-26(39)40;3-2(4,5)1(6)7/h1-6,8-11,13-16,25,27H,7,12,17-20H2,(H,35,41)(H,38,42)(H,39,40)(H4,32,33,34)(H2,36,37,43);(H,6,7)/t25-;/m1./s1. The molecule has 0 saturated heterocycles. The normalized spacial score (nSPS) is 11.2. The fraction of sp³-hybridized carbons (Fsp3) is 0.273. The van der Waals surface area contributed by atoms with Gasteiger partial charge in [-0.2, -0.15) is 13.2 Å². The summed E-state index contributed by atoms with van der Waals surface area (Å²) in [6.07, 6.45) is -4.29. The van der Waals surface area contributed by atoms with Crippen molar-refractivity contribution in [3.63, 3.8) is 0 Å². The van der Waals surface area contributed by atoms with Crippen molar-refractivity contribution in [3.05, 3.63) is 107 Å². The van der Waals surface area contributed by atoms with Crippen LogP contribution >= 0.6 is 0 Å². The number of hydrogen-bond donors (Lipinski definition) is 8. The van der Waals surface area contributed by atoms with Crippen molar-refractivity contribution in [2.24, 2.45) is 16.5 Å². The van der Waals surface area contributed by atoms with Crippen LogP contribution in [0.1, 0.15) is 41.0 Å². The number of carboxylic acid groups (broad SMARTS) is 2. The van der Waals surface area contributed by atoms with Gasteiger partial charge in [0.2, 0.25) is 11.8 Å². The highest BCUT2D eigenvalue weighted by molar-refractivity contribution is 5.92. The van der Waals surface area contributed by atoms with Crippen LogP contribution in [0.5, 0.6) is 0 Å². The molecule has 0 aliphatic carbocycles. The molecule has 0 heterocycles. The number of hydrogen-bond acceptors (Lipinski definition) is 6. The van der Waals surface area contributed by atoms with E-state index in [1.54, 1.807) is 24.3 Å². The predicted octanol–water partition coefficient (Wildman–Crippen LogP) is 2.19. The van der Waals surface area contributed by atoms with Crippen LogP contribution in [0.3, 0.4) is 0 Å². The Labute approximate surface area is 285 Å². The van der Waals surface area contributed by atoms with Crippen molar-refractivity contribution >= 4 is 35.7 Å². The van der Waals surface area contributed by atoms with Gasteiger partial charge in [-0.3, -0.25) is 19.4 Å². The van der Waals surface area contributed by atoms with E-state index < -0.39 is 42.7 Å². The summed E-state index contributed by atoms with van der Waals surface area (Å²) in [5.41, 5.74) is 14.1. The first-order valence-electron chi connectivity index (χ1n) is 15.0. The highest BCUT2D eigenvalue weighted by Gasteiger charge is 2.38. The number of nitrogens with two attached hydrogens (primary N) is 2. The Balaban J connectivity index is 0.00000112. The Morgan fingerprint density at radius 2 is 1.20 bits per heavy atom. The first-order valence-corrected chi connectivity index (χ1v) is 15.0. The Morgan fingerprint density at radius 3 is 1.64 bits per heavy atom. The summed E-state index contributed by atoms with van der Waals surface area (Å²) in [6.45, 7) is 0.255. The number of amides is 4. The maximum atomic E-state index is 13.7. The molecule has 3 rings (SSSR count). The van der Waals surface area contributed by atoms with Gasteiger partial charge in [0, 0.05) is 19.6 Å². The van der Waals surface area contributed by atoms with Gasteiger partial charge >= 0.3 is 24.1 Å². The first-order chi connectivity index (χ1) is 23.7. The number of urea groups is 1. The lowest BCUT2D eigenvalue weighted by atomic mass is 9.90. The van der Waals surface area contributed by atoms with Gasteiger partial charge in [-0.15, -0.1) is 0 Å². The molecule has 0 unspecified atom stereocenters. The van der Waals surface area contributed by atoms with Crippen LogP contribution in [0.4, 0.5) is 18.0 Å². The summed E-state index contributed by atoms with van der Waals surface area (Å²) in [5.74, 6) is -5.19. The molecule has 0 aliphatic rings. The minimum Gasteiger partial charge on any atom is -0.480 e. The number of nitrogens with one attached hydrogen (secondary N) is 4. The van der Waals surface area contributed by atoms with Crippen LogP contribution in [-0.4, -0.2) is 71.3 Å². The molecule has 0 saturated carbocycles. The SMILES string of the molecule is NC(N)=NCCC[C@@H](NC(=O)C(c1ccccc1)c1ccccc1)C(=O)NCc1ccc(CNC(=O)NCC(=O)O)cc1.O=C(O)C(F)(F)F. The van der Waals surface area contributed by atoms with Gasteiger partial charge in [0.15, 0.2) is 5.96 Å². The van der Waals surface area contributed by atoms with Crippen LogP contribution in [0.2, 0.25) is 0 Å². The molecule has 0 spiro atoms. The third-order valence-corrected chi connectivity index (χ3v) is 6.69. The highest BCUT2D eigenvalue weighted by Crippen LogP contribution is 2.25. The Bertz CT molecular complexity index is 1550. The molecule has 0 bridgehead atoms. The number of carboxylic acids is 2. The topological polar surface area (TPSA) is 238 Å². The zero-order chi connectivity index (χ0) is 37.1. The third-order valence-electron chi connectivity index (χ3n) is 6.69. The van der Waals surface area contributed by atoms with Crippen LogP contribution in [0.25, 0.3) is 0 Å². The van der Waals surface area contributed by atoms with Gasteiger partial charge in [0.1, 0.15) is 12.6 Å². The second kappa shape index (κ2) is 20.3. The second-order valence-corrected chi connectivity index (χ2v) is 10.5. The number of carbonyl (C=O) groups is 5. The summed E-state index contributed by atoms with van der Waals surface area (Å²) >= 11 is 0. The number of aliphatic carboxylic acids is 2. The van der Waals surface area contributed by atoms with Crippen molar-refractivity contribution < 1.29 is 47.4 Å². The summed E-state index contributed by atoms with van der Waals surface area (Å²) < 4.78 is 31.7. The van der Waals surface area contributed by atoms with E-state index in [9.17, 15) is 32.3 Å². The molecule has 50 heavy (non-hydrogen) atoms. The molecule has 17 heteroatoms. The lowest BCUT2D eigenvalue weighted by molar-refractivity contribution is -0.192. The maximum absolute atomic E-state index is 13.7. The average molecular weight is 702 g/mol. The van der Waals surface area contributed by atoms with E-state index in [-0.39, 0.29) is 30.9 Å². The van der Waals surface area contributed by atoms with Crippen molar-refractivity contribution in [2.75, 3.05) is 13.1 Å². The second-order valence-electron chi connectivity index (χ2n) is 10.5. The first kappa shape index (κ1) is 40.0. The maximum Gasteiger partial charge on any atom is 0.490 e. The minimum atomic E-state index is -5.08. The number of rotatable bonds is 15.